The Balaban J connectivity index is 1.77. The minimum atomic E-state index is -1.60. The third kappa shape index (κ3) is 6.85. The Kier molecular flexibility index (Phi) is 7.81. The van der Waals surface area contributed by atoms with Gasteiger partial charge >= 0.3 is 11.9 Å². The summed E-state index contributed by atoms with van der Waals surface area (Å²) in [7, 11) is 2.06. The zero-order chi connectivity index (χ0) is 20.6. The molecule has 0 aliphatic heterocycles. The van der Waals surface area contributed by atoms with E-state index >= 15 is 0 Å². The molecule has 2 aromatic rings. The molecule has 28 heavy (non-hydrogen) atoms. The van der Waals surface area contributed by atoms with Crippen molar-refractivity contribution in [1.29, 1.82) is 0 Å². The van der Waals surface area contributed by atoms with Gasteiger partial charge in [-0.25, -0.2) is 9.59 Å². The molecule has 0 fully saturated rings. The van der Waals surface area contributed by atoms with Gasteiger partial charge in [0.25, 0.3) is 0 Å². The second-order valence-electron chi connectivity index (χ2n) is 7.60. The molecule has 2 rings (SSSR count). The molecule has 1 atom stereocenters. The summed E-state index contributed by atoms with van der Waals surface area (Å²) in [6.07, 6.45) is 5.73. The van der Waals surface area contributed by atoms with Crippen LogP contribution in [-0.4, -0.2) is 33.8 Å². The van der Waals surface area contributed by atoms with E-state index in [-0.39, 0.29) is 6.61 Å². The standard InChI is InChI=1S/C22H30N2O4/c1-22(23,16-28-21(27)20(25)26)15-14-19-13-12-18(24(19)2)11-7-6-10-17-8-4-3-5-9-17/h3-5,8-9,12-13H,6-7,10-11,14-16,23H2,1-2H3,(H,25,26)/t22-/m1/s1. The van der Waals surface area contributed by atoms with Gasteiger partial charge in [0.15, 0.2) is 0 Å². The number of carbonyl (C=O) groups excluding carboxylic acids is 1. The van der Waals surface area contributed by atoms with Gasteiger partial charge in [-0.1, -0.05) is 30.3 Å². The number of carboxylic acids is 1. The van der Waals surface area contributed by atoms with Crippen molar-refractivity contribution in [3.05, 3.63) is 59.4 Å². The van der Waals surface area contributed by atoms with Gasteiger partial charge in [-0.05, 0) is 63.1 Å². The number of nitrogens with zero attached hydrogens (tertiary/aromatic N) is 1. The Morgan fingerprint density at radius 1 is 1.04 bits per heavy atom. The molecule has 1 heterocycles. The molecule has 0 radical (unpaired) electrons. The number of aryl methyl sites for hydroxylation is 3. The minimum absolute atomic E-state index is 0.116. The summed E-state index contributed by atoms with van der Waals surface area (Å²) in [5, 5.41) is 8.56. The lowest BCUT2D eigenvalue weighted by Gasteiger charge is -2.23. The van der Waals surface area contributed by atoms with E-state index in [0.29, 0.717) is 6.42 Å². The Hall–Kier alpha value is -2.60. The number of unbranched alkanes of at least 4 members (excludes halogenated alkanes) is 1. The number of hydrogen-bond acceptors (Lipinski definition) is 4. The molecule has 0 aliphatic rings. The number of carboxylic acid groups (broad SMARTS) is 1. The molecule has 3 N–H and O–H groups in total. The van der Waals surface area contributed by atoms with Gasteiger partial charge in [0.05, 0.1) is 0 Å². The lowest BCUT2D eigenvalue weighted by molar-refractivity contribution is -0.164. The highest BCUT2D eigenvalue weighted by Gasteiger charge is 2.23. The maximum atomic E-state index is 11.1. The zero-order valence-electron chi connectivity index (χ0n) is 16.7. The number of nitrogens with two attached hydrogens (primary N) is 1. The van der Waals surface area contributed by atoms with Crippen molar-refractivity contribution in [2.75, 3.05) is 6.61 Å². The fourth-order valence-electron chi connectivity index (χ4n) is 3.16. The molecule has 6 heteroatoms. The summed E-state index contributed by atoms with van der Waals surface area (Å²) in [5.41, 5.74) is 9.20. The lowest BCUT2D eigenvalue weighted by Crippen LogP contribution is -2.43. The average molecular weight is 386 g/mol. The van der Waals surface area contributed by atoms with Gasteiger partial charge in [-0.3, -0.25) is 0 Å². The van der Waals surface area contributed by atoms with E-state index in [1.165, 1.54) is 17.0 Å². The van der Waals surface area contributed by atoms with Gasteiger partial charge in [0, 0.05) is 24.0 Å². The van der Waals surface area contributed by atoms with Crippen molar-refractivity contribution < 1.29 is 19.4 Å². The molecule has 6 nitrogen and oxygen atoms in total. The van der Waals surface area contributed by atoms with Crippen molar-refractivity contribution >= 4 is 11.9 Å². The van der Waals surface area contributed by atoms with Crippen LogP contribution in [0.15, 0.2) is 42.5 Å². The number of benzene rings is 1. The lowest BCUT2D eigenvalue weighted by atomic mass is 9.97. The van der Waals surface area contributed by atoms with Crippen LogP contribution in [0.2, 0.25) is 0 Å². The van der Waals surface area contributed by atoms with Crippen LogP contribution in [0, 0.1) is 0 Å². The fraction of sp³-hybridized carbons (Fsp3) is 0.455. The number of esters is 1. The monoisotopic (exact) mass is 386 g/mol. The summed E-state index contributed by atoms with van der Waals surface area (Å²) in [4.78, 5) is 21.6. The quantitative estimate of drug-likeness (QED) is 0.372. The van der Waals surface area contributed by atoms with E-state index in [1.54, 1.807) is 6.92 Å². The number of rotatable bonds is 10. The summed E-state index contributed by atoms with van der Waals surface area (Å²) in [5.74, 6) is -2.87. The van der Waals surface area contributed by atoms with Crippen LogP contribution in [0.3, 0.4) is 0 Å². The second-order valence-corrected chi connectivity index (χ2v) is 7.60. The average Bonchev–Trinajstić information content (AvgIpc) is 3.02. The molecule has 0 amide bonds. The Bertz CT molecular complexity index is 781. The SMILES string of the molecule is Cn1c(CCCCc2ccccc2)ccc1CC[C@@](C)(N)COC(=O)C(=O)O. The number of hydrogen-bond donors (Lipinski definition) is 2. The van der Waals surface area contributed by atoms with Crippen molar-refractivity contribution in [2.45, 2.75) is 51.0 Å². The van der Waals surface area contributed by atoms with Crippen LogP contribution in [0.4, 0.5) is 0 Å². The number of carbonyl (C=O) groups is 2. The first-order valence-corrected chi connectivity index (χ1v) is 9.65. The van der Waals surface area contributed by atoms with Crippen LogP contribution < -0.4 is 5.73 Å². The number of ether oxygens (including phenoxy) is 1. The van der Waals surface area contributed by atoms with Gasteiger partial charge in [-0.15, -0.1) is 0 Å². The first-order valence-electron chi connectivity index (χ1n) is 9.65. The van der Waals surface area contributed by atoms with E-state index in [2.05, 4.69) is 48.0 Å². The molecule has 0 aliphatic carbocycles. The highest BCUT2D eigenvalue weighted by Crippen LogP contribution is 2.17. The van der Waals surface area contributed by atoms with Crippen molar-refractivity contribution in [3.8, 4) is 0 Å². The van der Waals surface area contributed by atoms with E-state index in [0.717, 1.165) is 32.1 Å². The first-order chi connectivity index (χ1) is 13.3. The van der Waals surface area contributed by atoms with Crippen molar-refractivity contribution in [1.82, 2.24) is 4.57 Å². The van der Waals surface area contributed by atoms with Crippen molar-refractivity contribution in [3.63, 3.8) is 0 Å². The third-order valence-electron chi connectivity index (χ3n) is 4.98. The van der Waals surface area contributed by atoms with Crippen molar-refractivity contribution in [2.24, 2.45) is 12.8 Å². The van der Waals surface area contributed by atoms with Gasteiger partial charge in [0.1, 0.15) is 6.61 Å². The molecule has 1 aromatic carbocycles. The third-order valence-corrected chi connectivity index (χ3v) is 4.98. The Morgan fingerprint density at radius 3 is 2.29 bits per heavy atom. The van der Waals surface area contributed by atoms with Gasteiger partial charge < -0.3 is 20.1 Å². The highest BCUT2D eigenvalue weighted by atomic mass is 16.6. The van der Waals surface area contributed by atoms with E-state index in [1.807, 2.05) is 6.07 Å². The molecule has 0 saturated carbocycles. The highest BCUT2D eigenvalue weighted by molar-refractivity contribution is 6.28. The van der Waals surface area contributed by atoms with Crippen LogP contribution in [-0.2, 0) is 40.6 Å². The van der Waals surface area contributed by atoms with Gasteiger partial charge in [0.2, 0.25) is 0 Å². The Labute approximate surface area is 166 Å². The Morgan fingerprint density at radius 2 is 1.64 bits per heavy atom. The molecular weight excluding hydrogens is 356 g/mol. The number of aromatic nitrogens is 1. The van der Waals surface area contributed by atoms with E-state index in [9.17, 15) is 9.59 Å². The van der Waals surface area contributed by atoms with Gasteiger partial charge in [-0.2, -0.15) is 0 Å². The van der Waals surface area contributed by atoms with Crippen LogP contribution in [0.25, 0.3) is 0 Å². The zero-order valence-corrected chi connectivity index (χ0v) is 16.7. The minimum Gasteiger partial charge on any atom is -0.473 e. The molecule has 0 spiro atoms. The van der Waals surface area contributed by atoms with Crippen LogP contribution in [0.5, 0.6) is 0 Å². The summed E-state index contributed by atoms with van der Waals surface area (Å²) in [6.45, 7) is 1.64. The first kappa shape index (κ1) is 21.7. The van der Waals surface area contributed by atoms with E-state index < -0.39 is 17.5 Å². The molecular formula is C22H30N2O4. The fourth-order valence-corrected chi connectivity index (χ4v) is 3.16. The summed E-state index contributed by atoms with van der Waals surface area (Å²) < 4.78 is 6.92. The van der Waals surface area contributed by atoms with E-state index in [4.69, 9.17) is 15.6 Å². The molecule has 152 valence electrons. The molecule has 0 saturated heterocycles. The molecule has 0 unspecified atom stereocenters. The van der Waals surface area contributed by atoms with Crippen LogP contribution in [0.1, 0.15) is 43.1 Å². The second kappa shape index (κ2) is 10.1. The summed E-state index contributed by atoms with van der Waals surface area (Å²) in [6, 6.07) is 14.8. The largest absolute Gasteiger partial charge is 0.473 e. The molecule has 0 bridgehead atoms. The maximum Gasteiger partial charge on any atom is 0.417 e. The summed E-state index contributed by atoms with van der Waals surface area (Å²) >= 11 is 0. The smallest absolute Gasteiger partial charge is 0.417 e. The predicted molar refractivity (Wildman–Crippen MR) is 108 cm³/mol. The molecule has 1 aromatic heterocycles. The van der Waals surface area contributed by atoms with Crippen LogP contribution >= 0.6 is 0 Å². The topological polar surface area (TPSA) is 94.5 Å². The predicted octanol–water partition coefficient (Wildman–Crippen LogP) is 2.87. The normalized spacial score (nSPS) is 13.1. The maximum absolute atomic E-state index is 11.1. The number of aliphatic carboxylic acids is 1.